The molecule has 1 amide bonds. The molecule has 0 heterocycles. The molecule has 6 nitrogen and oxygen atoms in total. The summed E-state index contributed by atoms with van der Waals surface area (Å²) in [6.45, 7) is 5.64. The Morgan fingerprint density at radius 3 is 2.31 bits per heavy atom. The number of carbonyl (C=O) groups excluding carboxylic acids is 2. The van der Waals surface area contributed by atoms with Gasteiger partial charge in [-0.25, -0.2) is 4.79 Å². The lowest BCUT2D eigenvalue weighted by molar-refractivity contribution is -0.155. The molecule has 2 aromatic rings. The first kappa shape index (κ1) is 19.3. The number of carbonyl (C=O) groups is 2. The summed E-state index contributed by atoms with van der Waals surface area (Å²) in [5, 5.41) is 2.71. The largest absolute Gasteiger partial charge is 0.494 e. The van der Waals surface area contributed by atoms with Gasteiger partial charge in [-0.2, -0.15) is 0 Å². The highest BCUT2D eigenvalue weighted by Crippen LogP contribution is 2.17. The van der Waals surface area contributed by atoms with Crippen molar-refractivity contribution in [2.75, 3.05) is 18.5 Å². The monoisotopic (exact) mass is 357 g/mol. The van der Waals surface area contributed by atoms with Gasteiger partial charge in [0.25, 0.3) is 5.91 Å². The topological polar surface area (TPSA) is 73.9 Å². The van der Waals surface area contributed by atoms with E-state index in [2.05, 4.69) is 5.32 Å². The van der Waals surface area contributed by atoms with Crippen molar-refractivity contribution in [3.05, 3.63) is 54.1 Å². The highest BCUT2D eigenvalue weighted by Gasteiger charge is 2.18. The van der Waals surface area contributed by atoms with Gasteiger partial charge in [-0.1, -0.05) is 12.1 Å². The van der Waals surface area contributed by atoms with Crippen molar-refractivity contribution in [1.29, 1.82) is 0 Å². The first-order chi connectivity index (χ1) is 12.5. The van der Waals surface area contributed by atoms with Crippen LogP contribution in [0.25, 0.3) is 0 Å². The lowest BCUT2D eigenvalue weighted by atomic mass is 10.2. The van der Waals surface area contributed by atoms with Gasteiger partial charge in [0.05, 0.1) is 6.61 Å². The molecule has 0 fully saturated rings. The number of anilines is 1. The molecule has 0 aromatic heterocycles. The Bertz CT molecular complexity index is 742. The Morgan fingerprint density at radius 1 is 1.04 bits per heavy atom. The fourth-order valence-corrected chi connectivity index (χ4v) is 2.19. The molecule has 138 valence electrons. The highest BCUT2D eigenvalue weighted by molar-refractivity contribution is 5.95. The minimum atomic E-state index is -0.924. The van der Waals surface area contributed by atoms with Crippen molar-refractivity contribution >= 4 is 17.6 Å². The molecule has 0 radical (unpaired) electrons. The van der Waals surface area contributed by atoms with Gasteiger partial charge in [-0.15, -0.1) is 0 Å². The standard InChI is InChI=1S/C20H23NO5/c1-4-24-17-8-10-18(11-9-17)25-13-19(22)26-15(3)20(23)21-16-7-5-6-14(2)12-16/h5-12,15H,4,13H2,1-3H3,(H,21,23)/t15-/m1/s1. The van der Waals surface area contributed by atoms with Gasteiger partial charge in [0, 0.05) is 5.69 Å². The fourth-order valence-electron chi connectivity index (χ4n) is 2.19. The van der Waals surface area contributed by atoms with E-state index in [1.165, 1.54) is 6.92 Å². The number of nitrogens with one attached hydrogen (secondary N) is 1. The Hall–Kier alpha value is -3.02. The second-order valence-corrected chi connectivity index (χ2v) is 5.68. The quantitative estimate of drug-likeness (QED) is 0.734. The van der Waals surface area contributed by atoms with Crippen LogP contribution in [0.4, 0.5) is 5.69 Å². The van der Waals surface area contributed by atoms with Gasteiger partial charge in [-0.3, -0.25) is 4.79 Å². The van der Waals surface area contributed by atoms with Crippen LogP contribution in [0.1, 0.15) is 19.4 Å². The van der Waals surface area contributed by atoms with Crippen LogP contribution >= 0.6 is 0 Å². The van der Waals surface area contributed by atoms with Crippen LogP contribution in [0.5, 0.6) is 11.5 Å². The Balaban J connectivity index is 1.78. The molecule has 0 saturated heterocycles. The minimum Gasteiger partial charge on any atom is -0.494 e. The predicted octanol–water partition coefficient (Wildman–Crippen LogP) is 3.34. The van der Waals surface area contributed by atoms with Crippen LogP contribution in [0.2, 0.25) is 0 Å². The number of aryl methyl sites for hydroxylation is 1. The van der Waals surface area contributed by atoms with Crippen LogP contribution in [-0.4, -0.2) is 31.2 Å². The Morgan fingerprint density at radius 2 is 1.69 bits per heavy atom. The van der Waals surface area contributed by atoms with Gasteiger partial charge in [0.1, 0.15) is 11.5 Å². The van der Waals surface area contributed by atoms with Gasteiger partial charge in [-0.05, 0) is 62.7 Å². The van der Waals surface area contributed by atoms with Gasteiger partial charge < -0.3 is 19.5 Å². The average molecular weight is 357 g/mol. The van der Waals surface area contributed by atoms with Crippen LogP contribution in [0, 0.1) is 6.92 Å². The second-order valence-electron chi connectivity index (χ2n) is 5.68. The number of hydrogen-bond donors (Lipinski definition) is 1. The van der Waals surface area contributed by atoms with E-state index < -0.39 is 18.0 Å². The van der Waals surface area contributed by atoms with E-state index in [9.17, 15) is 9.59 Å². The highest BCUT2D eigenvalue weighted by atomic mass is 16.6. The number of hydrogen-bond acceptors (Lipinski definition) is 5. The number of ether oxygens (including phenoxy) is 3. The fraction of sp³-hybridized carbons (Fsp3) is 0.300. The van der Waals surface area contributed by atoms with Crippen LogP contribution in [0.3, 0.4) is 0 Å². The third-order valence-corrected chi connectivity index (χ3v) is 3.45. The normalized spacial score (nSPS) is 11.3. The average Bonchev–Trinajstić information content (AvgIpc) is 2.61. The van der Waals surface area contributed by atoms with Gasteiger partial charge in [0.15, 0.2) is 12.7 Å². The number of esters is 1. The molecule has 2 rings (SSSR count). The zero-order valence-electron chi connectivity index (χ0n) is 15.2. The van der Waals surface area contributed by atoms with E-state index in [1.54, 1.807) is 30.3 Å². The summed E-state index contributed by atoms with van der Waals surface area (Å²) in [6.07, 6.45) is -0.924. The summed E-state index contributed by atoms with van der Waals surface area (Å²) in [5.41, 5.74) is 1.68. The molecule has 0 aliphatic carbocycles. The van der Waals surface area contributed by atoms with Crippen molar-refractivity contribution in [3.8, 4) is 11.5 Å². The molecule has 1 N–H and O–H groups in total. The smallest absolute Gasteiger partial charge is 0.344 e. The van der Waals surface area contributed by atoms with Crippen LogP contribution in [-0.2, 0) is 14.3 Å². The maximum Gasteiger partial charge on any atom is 0.344 e. The molecule has 6 heteroatoms. The van der Waals surface area contributed by atoms with Crippen molar-refractivity contribution < 1.29 is 23.8 Å². The van der Waals surface area contributed by atoms with E-state index >= 15 is 0 Å². The first-order valence-corrected chi connectivity index (χ1v) is 8.40. The van der Waals surface area contributed by atoms with E-state index in [4.69, 9.17) is 14.2 Å². The summed E-state index contributed by atoms with van der Waals surface area (Å²) in [6, 6.07) is 14.3. The van der Waals surface area contributed by atoms with Crippen molar-refractivity contribution in [2.45, 2.75) is 26.9 Å². The SMILES string of the molecule is CCOc1ccc(OCC(=O)O[C@H](C)C(=O)Nc2cccc(C)c2)cc1. The lowest BCUT2D eigenvalue weighted by Gasteiger charge is -2.14. The Labute approximate surface area is 153 Å². The number of amides is 1. The van der Waals surface area contributed by atoms with Crippen molar-refractivity contribution in [3.63, 3.8) is 0 Å². The van der Waals surface area contributed by atoms with E-state index in [-0.39, 0.29) is 6.61 Å². The molecule has 0 spiro atoms. The maximum atomic E-state index is 12.1. The second kappa shape index (κ2) is 9.46. The molecule has 0 aliphatic rings. The van der Waals surface area contributed by atoms with Crippen molar-refractivity contribution in [1.82, 2.24) is 0 Å². The molecular formula is C20H23NO5. The summed E-state index contributed by atoms with van der Waals surface area (Å²) >= 11 is 0. The van der Waals surface area contributed by atoms with Gasteiger partial charge >= 0.3 is 5.97 Å². The predicted molar refractivity (Wildman–Crippen MR) is 98.5 cm³/mol. The molecule has 26 heavy (non-hydrogen) atoms. The summed E-state index contributed by atoms with van der Waals surface area (Å²) in [4.78, 5) is 23.9. The molecule has 2 aromatic carbocycles. The third kappa shape index (κ3) is 6.12. The minimum absolute atomic E-state index is 0.282. The first-order valence-electron chi connectivity index (χ1n) is 8.40. The van der Waals surface area contributed by atoms with Crippen LogP contribution in [0.15, 0.2) is 48.5 Å². The summed E-state index contributed by atoms with van der Waals surface area (Å²) in [7, 11) is 0. The number of rotatable bonds is 8. The zero-order valence-corrected chi connectivity index (χ0v) is 15.2. The molecule has 1 atom stereocenters. The lowest BCUT2D eigenvalue weighted by Crippen LogP contribution is -2.31. The maximum absolute atomic E-state index is 12.1. The van der Waals surface area contributed by atoms with E-state index in [0.717, 1.165) is 11.3 Å². The Kier molecular flexibility index (Phi) is 7.02. The molecule has 0 aliphatic heterocycles. The molecule has 0 saturated carbocycles. The summed E-state index contributed by atoms with van der Waals surface area (Å²) in [5.74, 6) is 0.224. The molecule has 0 unspecified atom stereocenters. The summed E-state index contributed by atoms with van der Waals surface area (Å²) < 4.78 is 15.8. The number of benzene rings is 2. The zero-order chi connectivity index (χ0) is 18.9. The van der Waals surface area contributed by atoms with E-state index in [0.29, 0.717) is 18.0 Å². The van der Waals surface area contributed by atoms with E-state index in [1.807, 2.05) is 32.0 Å². The van der Waals surface area contributed by atoms with Crippen LogP contribution < -0.4 is 14.8 Å². The van der Waals surface area contributed by atoms with Crippen molar-refractivity contribution in [2.24, 2.45) is 0 Å². The third-order valence-electron chi connectivity index (χ3n) is 3.45. The van der Waals surface area contributed by atoms with Gasteiger partial charge in [0.2, 0.25) is 0 Å². The molecule has 0 bridgehead atoms. The molecular weight excluding hydrogens is 334 g/mol.